The van der Waals surface area contributed by atoms with Crippen LogP contribution in [0.15, 0.2) is 71.5 Å². The number of aromatic amines is 1. The highest BCUT2D eigenvalue weighted by Gasteiger charge is 2.26. The molecule has 0 radical (unpaired) electrons. The Bertz CT molecular complexity index is 1490. The minimum atomic E-state index is -0.239. The van der Waals surface area contributed by atoms with Crippen LogP contribution in [0.5, 0.6) is 0 Å². The first-order valence-electron chi connectivity index (χ1n) is 11.9. The lowest BCUT2D eigenvalue weighted by molar-refractivity contribution is -0.117. The van der Waals surface area contributed by atoms with Gasteiger partial charge in [-0.1, -0.05) is 30.3 Å². The minimum Gasteiger partial charge on any atom is -0.369 e. The second kappa shape index (κ2) is 8.67. The molecule has 2 N–H and O–H groups in total. The summed E-state index contributed by atoms with van der Waals surface area (Å²) in [5, 5.41) is 4.73. The Hall–Kier alpha value is -3.97. The molecule has 1 saturated heterocycles. The molecular formula is C28H25FN4O2. The third-order valence-corrected chi connectivity index (χ3v) is 7.01. The standard InChI is InChI=1S/C28H25FN4O2/c29-19-8-10-20(11-9-19)33-14-12-32(13-15-33)17-25(34)30-24-7-3-4-18-16-23-21-5-1-2-6-22(21)28(35)31-27(23)26(18)24/h1-11H,12-17H2,(H,30,34)(H,31,35). The van der Waals surface area contributed by atoms with Crippen LogP contribution in [0, 0.1) is 5.82 Å². The molecule has 1 aromatic heterocycles. The van der Waals surface area contributed by atoms with Gasteiger partial charge in [-0.25, -0.2) is 4.39 Å². The number of amides is 1. The lowest BCUT2D eigenvalue weighted by Crippen LogP contribution is -2.48. The predicted molar refractivity (Wildman–Crippen MR) is 136 cm³/mol. The average molecular weight is 469 g/mol. The summed E-state index contributed by atoms with van der Waals surface area (Å²) in [6.07, 6.45) is 0.719. The number of piperazine rings is 1. The van der Waals surface area contributed by atoms with E-state index in [0.717, 1.165) is 71.7 Å². The van der Waals surface area contributed by atoms with Gasteiger partial charge in [-0.3, -0.25) is 14.5 Å². The van der Waals surface area contributed by atoms with Gasteiger partial charge < -0.3 is 15.2 Å². The Kier molecular flexibility index (Phi) is 5.34. The van der Waals surface area contributed by atoms with Crippen molar-refractivity contribution in [3.8, 4) is 11.3 Å². The van der Waals surface area contributed by atoms with Crippen LogP contribution in [0.3, 0.4) is 0 Å². The summed E-state index contributed by atoms with van der Waals surface area (Å²) in [7, 11) is 0. The summed E-state index contributed by atoms with van der Waals surface area (Å²) in [5.74, 6) is -0.318. The van der Waals surface area contributed by atoms with Crippen molar-refractivity contribution < 1.29 is 9.18 Å². The molecule has 0 unspecified atom stereocenters. The number of nitrogens with zero attached hydrogens (tertiary/aromatic N) is 2. The van der Waals surface area contributed by atoms with Crippen LogP contribution in [0.2, 0.25) is 0 Å². The number of fused-ring (bicyclic) bond motifs is 5. The number of carbonyl (C=O) groups is 1. The Balaban J connectivity index is 1.17. The van der Waals surface area contributed by atoms with E-state index in [1.165, 1.54) is 12.1 Å². The summed E-state index contributed by atoms with van der Waals surface area (Å²) in [5.41, 5.74) is 5.49. The van der Waals surface area contributed by atoms with Gasteiger partial charge in [0.1, 0.15) is 5.82 Å². The number of rotatable bonds is 4. The fraction of sp³-hybridized carbons (Fsp3) is 0.214. The van der Waals surface area contributed by atoms with Gasteiger partial charge in [0.05, 0.1) is 17.9 Å². The molecule has 0 spiro atoms. The van der Waals surface area contributed by atoms with Gasteiger partial charge in [0, 0.05) is 49.2 Å². The van der Waals surface area contributed by atoms with Crippen molar-refractivity contribution in [1.29, 1.82) is 0 Å². The van der Waals surface area contributed by atoms with Crippen LogP contribution < -0.4 is 15.8 Å². The zero-order valence-corrected chi connectivity index (χ0v) is 19.2. The van der Waals surface area contributed by atoms with Crippen molar-refractivity contribution in [1.82, 2.24) is 9.88 Å². The average Bonchev–Trinajstić information content (AvgIpc) is 3.25. The Morgan fingerprint density at radius 2 is 1.66 bits per heavy atom. The van der Waals surface area contributed by atoms with Crippen LogP contribution in [-0.2, 0) is 11.2 Å². The van der Waals surface area contributed by atoms with Gasteiger partial charge in [-0.2, -0.15) is 0 Å². The van der Waals surface area contributed by atoms with Crippen LogP contribution in [-0.4, -0.2) is 48.5 Å². The van der Waals surface area contributed by atoms with Gasteiger partial charge in [0.2, 0.25) is 5.91 Å². The van der Waals surface area contributed by atoms with Gasteiger partial charge in [-0.15, -0.1) is 0 Å². The number of carbonyl (C=O) groups excluding carboxylic acids is 1. The SMILES string of the molecule is O=C(CN1CCN(c2ccc(F)cc2)CC1)Nc1cccc2c1-c1[nH]c(=O)c3ccccc3c1C2. The summed E-state index contributed by atoms with van der Waals surface area (Å²) in [6.45, 7) is 3.35. The highest BCUT2D eigenvalue weighted by molar-refractivity contribution is 6.01. The molecule has 176 valence electrons. The summed E-state index contributed by atoms with van der Waals surface area (Å²) in [6, 6.07) is 20.1. The Labute approximate surface area is 202 Å². The van der Waals surface area contributed by atoms with E-state index in [2.05, 4.69) is 20.1 Å². The van der Waals surface area contributed by atoms with Crippen molar-refractivity contribution in [3.63, 3.8) is 0 Å². The molecule has 1 aliphatic carbocycles. The Morgan fingerprint density at radius 1 is 0.914 bits per heavy atom. The maximum absolute atomic E-state index is 13.2. The number of nitrogens with one attached hydrogen (secondary N) is 2. The number of hydrogen-bond donors (Lipinski definition) is 2. The molecule has 7 heteroatoms. The number of hydrogen-bond acceptors (Lipinski definition) is 4. The van der Waals surface area contributed by atoms with Crippen LogP contribution in [0.4, 0.5) is 15.8 Å². The van der Waals surface area contributed by atoms with Crippen LogP contribution in [0.25, 0.3) is 22.0 Å². The fourth-order valence-corrected chi connectivity index (χ4v) is 5.28. The fourth-order valence-electron chi connectivity index (χ4n) is 5.28. The van der Waals surface area contributed by atoms with E-state index in [1.807, 2.05) is 42.5 Å². The highest BCUT2D eigenvalue weighted by Crippen LogP contribution is 2.42. The van der Waals surface area contributed by atoms with Gasteiger partial charge >= 0.3 is 0 Å². The van der Waals surface area contributed by atoms with Crippen molar-refractivity contribution in [2.75, 3.05) is 42.9 Å². The van der Waals surface area contributed by atoms with Crippen molar-refractivity contribution in [2.45, 2.75) is 6.42 Å². The van der Waals surface area contributed by atoms with E-state index in [0.29, 0.717) is 11.9 Å². The molecular weight excluding hydrogens is 443 g/mol. The number of benzene rings is 3. The van der Waals surface area contributed by atoms with E-state index in [9.17, 15) is 14.0 Å². The number of pyridine rings is 1. The molecule has 2 heterocycles. The number of halogens is 1. The number of aromatic nitrogens is 1. The summed E-state index contributed by atoms with van der Waals surface area (Å²) < 4.78 is 13.2. The molecule has 3 aromatic carbocycles. The maximum atomic E-state index is 13.2. The molecule has 0 atom stereocenters. The maximum Gasteiger partial charge on any atom is 0.256 e. The molecule has 1 amide bonds. The third kappa shape index (κ3) is 3.98. The van der Waals surface area contributed by atoms with Gasteiger partial charge in [-0.05, 0) is 52.9 Å². The Morgan fingerprint density at radius 3 is 2.43 bits per heavy atom. The number of H-pyrrole nitrogens is 1. The third-order valence-electron chi connectivity index (χ3n) is 7.01. The van der Waals surface area contributed by atoms with Gasteiger partial charge in [0.25, 0.3) is 5.56 Å². The van der Waals surface area contributed by atoms with E-state index in [4.69, 9.17) is 0 Å². The lowest BCUT2D eigenvalue weighted by atomic mass is 10.0. The normalized spacial score (nSPS) is 15.2. The first-order valence-corrected chi connectivity index (χ1v) is 11.9. The first kappa shape index (κ1) is 21.6. The van der Waals surface area contributed by atoms with Crippen molar-refractivity contribution in [2.24, 2.45) is 0 Å². The van der Waals surface area contributed by atoms with E-state index in [1.54, 1.807) is 12.1 Å². The minimum absolute atomic E-state index is 0.0785. The molecule has 4 aromatic rings. The first-order chi connectivity index (χ1) is 17.1. The molecule has 35 heavy (non-hydrogen) atoms. The number of anilines is 2. The van der Waals surface area contributed by atoms with E-state index >= 15 is 0 Å². The van der Waals surface area contributed by atoms with Crippen LogP contribution >= 0.6 is 0 Å². The zero-order chi connectivity index (χ0) is 23.9. The van der Waals surface area contributed by atoms with Crippen molar-refractivity contribution >= 4 is 28.1 Å². The molecule has 1 fully saturated rings. The van der Waals surface area contributed by atoms with E-state index < -0.39 is 0 Å². The predicted octanol–water partition coefficient (Wildman–Crippen LogP) is 4.00. The lowest BCUT2D eigenvalue weighted by Gasteiger charge is -2.35. The molecule has 2 aliphatic rings. The molecule has 0 bridgehead atoms. The molecule has 6 nitrogen and oxygen atoms in total. The summed E-state index contributed by atoms with van der Waals surface area (Å²) in [4.78, 5) is 33.1. The second-order valence-electron chi connectivity index (χ2n) is 9.16. The second-order valence-corrected chi connectivity index (χ2v) is 9.16. The quantitative estimate of drug-likeness (QED) is 0.419. The van der Waals surface area contributed by atoms with Gasteiger partial charge in [0.15, 0.2) is 0 Å². The molecule has 1 aliphatic heterocycles. The van der Waals surface area contributed by atoms with Crippen LogP contribution in [0.1, 0.15) is 11.1 Å². The molecule has 6 rings (SSSR count). The van der Waals surface area contributed by atoms with E-state index in [-0.39, 0.29) is 17.3 Å². The highest BCUT2D eigenvalue weighted by atomic mass is 19.1. The molecule has 0 saturated carbocycles. The smallest absolute Gasteiger partial charge is 0.256 e. The summed E-state index contributed by atoms with van der Waals surface area (Å²) >= 11 is 0. The zero-order valence-electron chi connectivity index (χ0n) is 19.2. The monoisotopic (exact) mass is 468 g/mol. The van der Waals surface area contributed by atoms with Crippen molar-refractivity contribution in [3.05, 3.63) is 94.0 Å². The topological polar surface area (TPSA) is 68.4 Å². The largest absolute Gasteiger partial charge is 0.369 e.